The molecule has 0 unspecified atom stereocenters. The smallest absolute Gasteiger partial charge is 0.311 e. The van der Waals surface area contributed by atoms with Gasteiger partial charge in [0.2, 0.25) is 5.89 Å². The molecule has 0 radical (unpaired) electrons. The Hall–Kier alpha value is -4.40. The van der Waals surface area contributed by atoms with Gasteiger partial charge < -0.3 is 19.2 Å². The molecule has 4 aromatic rings. The Labute approximate surface area is 201 Å². The van der Waals surface area contributed by atoms with E-state index < -0.39 is 10.8 Å². The number of amides is 1. The molecule has 1 amide bonds. The molecule has 0 aliphatic rings. The number of benzene rings is 3. The highest BCUT2D eigenvalue weighted by Gasteiger charge is 2.20. The lowest BCUT2D eigenvalue weighted by molar-refractivity contribution is -0.385. The number of methoxy groups -OCH3 is 1. The van der Waals surface area contributed by atoms with Crippen LogP contribution in [0.1, 0.15) is 42.6 Å². The fourth-order valence-electron chi connectivity index (χ4n) is 3.64. The van der Waals surface area contributed by atoms with Crippen molar-refractivity contribution in [1.29, 1.82) is 0 Å². The fourth-order valence-corrected chi connectivity index (χ4v) is 3.64. The van der Waals surface area contributed by atoms with Crippen molar-refractivity contribution in [2.75, 3.05) is 19.0 Å². The van der Waals surface area contributed by atoms with Crippen LogP contribution in [0.4, 0.5) is 11.4 Å². The third-order valence-electron chi connectivity index (χ3n) is 5.49. The molecule has 9 nitrogen and oxygen atoms in total. The second kappa shape index (κ2) is 9.84. The van der Waals surface area contributed by atoms with Gasteiger partial charge in [0.1, 0.15) is 11.3 Å². The van der Waals surface area contributed by atoms with Gasteiger partial charge in [0.05, 0.1) is 24.3 Å². The lowest BCUT2D eigenvalue weighted by atomic mass is 10.0. The maximum atomic E-state index is 12.9. The molecule has 1 N–H and O–H groups in total. The van der Waals surface area contributed by atoms with E-state index in [1.807, 2.05) is 18.2 Å². The van der Waals surface area contributed by atoms with Gasteiger partial charge in [0.25, 0.3) is 5.91 Å². The highest BCUT2D eigenvalue weighted by Crippen LogP contribution is 2.34. The number of anilines is 1. The maximum Gasteiger partial charge on any atom is 0.311 e. The van der Waals surface area contributed by atoms with Crippen LogP contribution >= 0.6 is 0 Å². The first-order chi connectivity index (χ1) is 16.8. The maximum absolute atomic E-state index is 12.9. The summed E-state index contributed by atoms with van der Waals surface area (Å²) >= 11 is 0. The summed E-state index contributed by atoms with van der Waals surface area (Å²) in [5.74, 6) is 0.744. The SMILES string of the molecule is CCOc1ccc(C(=O)Nc2cc(-c3nc4cc(C(C)C)ccc4o3)ccc2OC)cc1[N+](=O)[O-]. The number of hydrogen-bond acceptors (Lipinski definition) is 7. The molecule has 180 valence electrons. The van der Waals surface area contributed by atoms with Crippen LogP contribution in [0.2, 0.25) is 0 Å². The summed E-state index contributed by atoms with van der Waals surface area (Å²) in [5.41, 5.74) is 3.40. The summed E-state index contributed by atoms with van der Waals surface area (Å²) in [5, 5.41) is 14.2. The first-order valence-electron chi connectivity index (χ1n) is 11.1. The van der Waals surface area contributed by atoms with E-state index in [4.69, 9.17) is 13.9 Å². The number of aromatic nitrogens is 1. The van der Waals surface area contributed by atoms with Gasteiger partial charge in [0, 0.05) is 17.2 Å². The Morgan fingerprint density at radius 2 is 1.89 bits per heavy atom. The molecule has 0 aliphatic heterocycles. The summed E-state index contributed by atoms with van der Waals surface area (Å²) in [4.78, 5) is 28.4. The van der Waals surface area contributed by atoms with E-state index in [1.54, 1.807) is 25.1 Å². The molecule has 1 aromatic heterocycles. The second-order valence-electron chi connectivity index (χ2n) is 8.14. The number of hydrogen-bond donors (Lipinski definition) is 1. The Morgan fingerprint density at radius 3 is 2.57 bits per heavy atom. The number of fused-ring (bicyclic) bond motifs is 1. The minimum Gasteiger partial charge on any atom is -0.495 e. The molecule has 3 aromatic carbocycles. The average Bonchev–Trinajstić information content (AvgIpc) is 3.27. The van der Waals surface area contributed by atoms with Crippen molar-refractivity contribution >= 4 is 28.4 Å². The number of oxazole rings is 1. The standard InChI is InChI=1S/C26H25N3O6/c1-5-34-24-11-7-17(14-21(24)29(31)32)25(30)27-19-13-18(8-9-22(19)33-4)26-28-20-12-16(15(2)3)6-10-23(20)35-26/h6-15H,5H2,1-4H3,(H,27,30). The molecule has 0 aliphatic carbocycles. The monoisotopic (exact) mass is 475 g/mol. The van der Waals surface area contributed by atoms with Gasteiger partial charge in [-0.3, -0.25) is 14.9 Å². The first kappa shape index (κ1) is 23.7. The average molecular weight is 476 g/mol. The van der Waals surface area contributed by atoms with Crippen molar-refractivity contribution in [3.05, 3.63) is 75.8 Å². The van der Waals surface area contributed by atoms with E-state index in [2.05, 4.69) is 24.1 Å². The normalized spacial score (nSPS) is 11.0. The van der Waals surface area contributed by atoms with Gasteiger partial charge in [-0.05, 0) is 60.9 Å². The van der Waals surface area contributed by atoms with Crippen LogP contribution in [0.15, 0.2) is 59.0 Å². The number of nitro benzene ring substituents is 1. The van der Waals surface area contributed by atoms with Crippen LogP contribution in [-0.4, -0.2) is 29.5 Å². The topological polar surface area (TPSA) is 117 Å². The summed E-state index contributed by atoms with van der Waals surface area (Å²) < 4.78 is 16.6. The van der Waals surface area contributed by atoms with Crippen LogP contribution < -0.4 is 14.8 Å². The highest BCUT2D eigenvalue weighted by atomic mass is 16.6. The third-order valence-corrected chi connectivity index (χ3v) is 5.49. The zero-order valence-corrected chi connectivity index (χ0v) is 19.8. The van der Waals surface area contributed by atoms with E-state index in [9.17, 15) is 14.9 Å². The molecule has 4 rings (SSSR count). The largest absolute Gasteiger partial charge is 0.495 e. The molecule has 0 bridgehead atoms. The molecule has 0 saturated heterocycles. The number of carbonyl (C=O) groups is 1. The number of carbonyl (C=O) groups excluding carboxylic acids is 1. The summed E-state index contributed by atoms with van der Waals surface area (Å²) in [6.45, 7) is 6.22. The van der Waals surface area contributed by atoms with Crippen LogP contribution in [0.25, 0.3) is 22.6 Å². The predicted molar refractivity (Wildman–Crippen MR) is 132 cm³/mol. The molecular formula is C26H25N3O6. The molecule has 1 heterocycles. The van der Waals surface area contributed by atoms with Crippen molar-refractivity contribution < 1.29 is 23.6 Å². The molecule has 0 spiro atoms. The van der Waals surface area contributed by atoms with Gasteiger partial charge in [0.15, 0.2) is 11.3 Å². The highest BCUT2D eigenvalue weighted by molar-refractivity contribution is 6.06. The number of ether oxygens (including phenoxy) is 2. The second-order valence-corrected chi connectivity index (χ2v) is 8.14. The van der Waals surface area contributed by atoms with E-state index in [0.29, 0.717) is 34.4 Å². The van der Waals surface area contributed by atoms with Crippen LogP contribution in [0, 0.1) is 10.1 Å². The van der Waals surface area contributed by atoms with Gasteiger partial charge in [-0.2, -0.15) is 0 Å². The van der Waals surface area contributed by atoms with Gasteiger partial charge in [-0.15, -0.1) is 0 Å². The van der Waals surface area contributed by atoms with Gasteiger partial charge >= 0.3 is 5.69 Å². The summed E-state index contributed by atoms with van der Waals surface area (Å²) in [6.07, 6.45) is 0. The molecular weight excluding hydrogens is 450 g/mol. The summed E-state index contributed by atoms with van der Waals surface area (Å²) in [6, 6.07) is 15.1. The molecule has 0 saturated carbocycles. The number of rotatable bonds is 8. The van der Waals surface area contributed by atoms with Crippen molar-refractivity contribution in [2.45, 2.75) is 26.7 Å². The lowest BCUT2D eigenvalue weighted by Gasteiger charge is -2.12. The van der Waals surface area contributed by atoms with Crippen molar-refractivity contribution in [3.63, 3.8) is 0 Å². The molecule has 0 atom stereocenters. The van der Waals surface area contributed by atoms with Gasteiger partial charge in [-0.25, -0.2) is 4.98 Å². The molecule has 0 fully saturated rings. The molecule has 35 heavy (non-hydrogen) atoms. The van der Waals surface area contributed by atoms with Crippen molar-refractivity contribution in [3.8, 4) is 23.0 Å². The number of nitro groups is 1. The Bertz CT molecular complexity index is 1410. The van der Waals surface area contributed by atoms with E-state index in [1.165, 1.54) is 25.3 Å². The van der Waals surface area contributed by atoms with E-state index in [0.717, 1.165) is 11.1 Å². The van der Waals surface area contributed by atoms with E-state index in [-0.39, 0.29) is 23.6 Å². The Morgan fingerprint density at radius 1 is 1.11 bits per heavy atom. The third kappa shape index (κ3) is 4.93. The zero-order chi connectivity index (χ0) is 25.1. The minimum atomic E-state index is -0.582. The lowest BCUT2D eigenvalue weighted by Crippen LogP contribution is -2.13. The Kier molecular flexibility index (Phi) is 6.68. The van der Waals surface area contributed by atoms with Crippen molar-refractivity contribution in [2.24, 2.45) is 0 Å². The van der Waals surface area contributed by atoms with E-state index >= 15 is 0 Å². The van der Waals surface area contributed by atoms with Crippen LogP contribution in [0.3, 0.4) is 0 Å². The quantitative estimate of drug-likeness (QED) is 0.239. The van der Waals surface area contributed by atoms with Gasteiger partial charge in [-0.1, -0.05) is 19.9 Å². The predicted octanol–water partition coefficient (Wildman–Crippen LogP) is 6.19. The van der Waals surface area contributed by atoms with Crippen LogP contribution in [-0.2, 0) is 0 Å². The molecule has 9 heteroatoms. The fraction of sp³-hybridized carbons (Fsp3) is 0.231. The first-order valence-corrected chi connectivity index (χ1v) is 11.1. The zero-order valence-electron chi connectivity index (χ0n) is 19.8. The van der Waals surface area contributed by atoms with Crippen LogP contribution in [0.5, 0.6) is 11.5 Å². The number of nitrogens with one attached hydrogen (secondary N) is 1. The Balaban J connectivity index is 1.66. The minimum absolute atomic E-state index is 0.102. The number of nitrogens with zero attached hydrogens (tertiary/aromatic N) is 2. The summed E-state index contributed by atoms with van der Waals surface area (Å²) in [7, 11) is 1.49. The van der Waals surface area contributed by atoms with Crippen molar-refractivity contribution in [1.82, 2.24) is 4.98 Å².